The van der Waals surface area contributed by atoms with Gasteiger partial charge in [-0.15, -0.1) is 0 Å². The molecule has 4 heterocycles. The summed E-state index contributed by atoms with van der Waals surface area (Å²) < 4.78 is 14.1. The van der Waals surface area contributed by atoms with Gasteiger partial charge in [0, 0.05) is 6.04 Å². The average molecular weight is 435 g/mol. The largest absolute Gasteiger partial charge is 0.458 e. The standard InChI is InChI=1S/C21H15ClN6O3/c1-10(2)28-17-12(8-23)13(22)5-6-14(17)27-9-24-16(18(27)21(28)29)20-25-19(26-31-20)15-7-4-11(3)30-15/h4-7,9-10H,1-3H3. The Balaban J connectivity index is 1.83. The third kappa shape index (κ3) is 2.76. The molecule has 0 amide bonds. The zero-order chi connectivity index (χ0) is 21.9. The minimum Gasteiger partial charge on any atom is -0.458 e. The number of hydrogen-bond donors (Lipinski definition) is 0. The van der Waals surface area contributed by atoms with Gasteiger partial charge in [-0.25, -0.2) is 4.98 Å². The van der Waals surface area contributed by atoms with Gasteiger partial charge < -0.3 is 13.5 Å². The minimum absolute atomic E-state index is 0.0905. The Labute approximate surface area is 180 Å². The molecule has 0 aliphatic carbocycles. The lowest BCUT2D eigenvalue weighted by Gasteiger charge is -2.17. The molecule has 0 saturated heterocycles. The first-order chi connectivity index (χ1) is 14.9. The molecule has 0 N–H and O–H groups in total. The van der Waals surface area contributed by atoms with E-state index < -0.39 is 0 Å². The van der Waals surface area contributed by atoms with E-state index in [0.29, 0.717) is 22.6 Å². The van der Waals surface area contributed by atoms with Crippen molar-refractivity contribution in [2.24, 2.45) is 0 Å². The highest BCUT2D eigenvalue weighted by Crippen LogP contribution is 2.30. The zero-order valence-corrected chi connectivity index (χ0v) is 17.5. The molecule has 31 heavy (non-hydrogen) atoms. The van der Waals surface area contributed by atoms with Gasteiger partial charge in [0.15, 0.2) is 11.5 Å². The van der Waals surface area contributed by atoms with E-state index in [9.17, 15) is 10.1 Å². The minimum atomic E-state index is -0.345. The van der Waals surface area contributed by atoms with Gasteiger partial charge in [0.2, 0.25) is 5.82 Å². The van der Waals surface area contributed by atoms with Crippen LogP contribution in [-0.2, 0) is 0 Å². The van der Waals surface area contributed by atoms with Gasteiger partial charge in [0.1, 0.15) is 23.7 Å². The maximum Gasteiger partial charge on any atom is 0.279 e. The number of rotatable bonds is 3. The second-order valence-electron chi connectivity index (χ2n) is 7.32. The third-order valence-corrected chi connectivity index (χ3v) is 5.33. The van der Waals surface area contributed by atoms with E-state index in [0.717, 1.165) is 0 Å². The van der Waals surface area contributed by atoms with Crippen molar-refractivity contribution < 1.29 is 8.94 Å². The Morgan fingerprint density at radius 1 is 1.19 bits per heavy atom. The van der Waals surface area contributed by atoms with Crippen LogP contribution in [0.25, 0.3) is 39.7 Å². The Kier molecular flexibility index (Phi) is 4.20. The molecule has 0 aliphatic heterocycles. The van der Waals surface area contributed by atoms with Crippen molar-refractivity contribution in [2.75, 3.05) is 0 Å². The fourth-order valence-electron chi connectivity index (χ4n) is 3.67. The van der Waals surface area contributed by atoms with E-state index in [1.165, 1.54) is 10.9 Å². The number of furan rings is 1. The van der Waals surface area contributed by atoms with Gasteiger partial charge in [-0.1, -0.05) is 16.8 Å². The quantitative estimate of drug-likeness (QED) is 0.414. The van der Waals surface area contributed by atoms with Crippen LogP contribution in [0.15, 0.2) is 44.3 Å². The summed E-state index contributed by atoms with van der Waals surface area (Å²) in [5.41, 5.74) is 1.46. The lowest BCUT2D eigenvalue weighted by atomic mass is 10.1. The van der Waals surface area contributed by atoms with Crippen molar-refractivity contribution in [3.05, 3.63) is 57.3 Å². The Hall–Kier alpha value is -3.90. The van der Waals surface area contributed by atoms with Gasteiger partial charge in [-0.05, 0) is 45.0 Å². The average Bonchev–Trinajstić information content (AvgIpc) is 3.46. The Morgan fingerprint density at radius 2 is 2.00 bits per heavy atom. The topological polar surface area (TPSA) is 115 Å². The molecule has 5 aromatic rings. The zero-order valence-electron chi connectivity index (χ0n) is 16.8. The fraction of sp³-hybridized carbons (Fsp3) is 0.190. The molecule has 0 fully saturated rings. The molecule has 0 aliphatic rings. The summed E-state index contributed by atoms with van der Waals surface area (Å²) in [5.74, 6) is 1.52. The van der Waals surface area contributed by atoms with Crippen LogP contribution in [0, 0.1) is 18.3 Å². The number of aromatic nitrogens is 5. The highest BCUT2D eigenvalue weighted by atomic mass is 35.5. The molecule has 0 radical (unpaired) electrons. The van der Waals surface area contributed by atoms with Crippen molar-refractivity contribution in [1.82, 2.24) is 24.1 Å². The van der Waals surface area contributed by atoms with Gasteiger partial charge in [0.25, 0.3) is 11.4 Å². The summed E-state index contributed by atoms with van der Waals surface area (Å²) in [6.45, 7) is 5.54. The predicted molar refractivity (Wildman–Crippen MR) is 113 cm³/mol. The van der Waals surface area contributed by atoms with E-state index in [1.807, 2.05) is 20.8 Å². The van der Waals surface area contributed by atoms with Gasteiger partial charge >= 0.3 is 0 Å². The summed E-state index contributed by atoms with van der Waals surface area (Å²) in [4.78, 5) is 22.3. The molecule has 0 atom stereocenters. The summed E-state index contributed by atoms with van der Waals surface area (Å²) in [7, 11) is 0. The molecule has 4 aromatic heterocycles. The molecular weight excluding hydrogens is 420 g/mol. The summed E-state index contributed by atoms with van der Waals surface area (Å²) in [6.07, 6.45) is 1.50. The smallest absolute Gasteiger partial charge is 0.279 e. The molecule has 10 heteroatoms. The number of nitriles is 1. The third-order valence-electron chi connectivity index (χ3n) is 5.01. The molecule has 0 unspecified atom stereocenters. The monoisotopic (exact) mass is 434 g/mol. The molecule has 5 rings (SSSR count). The number of halogens is 1. The van der Waals surface area contributed by atoms with Crippen LogP contribution in [0.1, 0.15) is 31.2 Å². The number of fused-ring (bicyclic) bond motifs is 3. The number of imidazole rings is 1. The van der Waals surface area contributed by atoms with Gasteiger partial charge in [-0.2, -0.15) is 10.2 Å². The van der Waals surface area contributed by atoms with E-state index in [1.54, 1.807) is 28.7 Å². The summed E-state index contributed by atoms with van der Waals surface area (Å²) in [5, 5.41) is 13.9. The number of nitrogens with zero attached hydrogens (tertiary/aromatic N) is 6. The van der Waals surface area contributed by atoms with Crippen LogP contribution in [0.5, 0.6) is 0 Å². The number of benzene rings is 1. The molecule has 0 saturated carbocycles. The number of hydrogen-bond acceptors (Lipinski definition) is 7. The maximum absolute atomic E-state index is 13.5. The summed E-state index contributed by atoms with van der Waals surface area (Å²) >= 11 is 6.24. The van der Waals surface area contributed by atoms with E-state index in [4.69, 9.17) is 20.5 Å². The first-order valence-electron chi connectivity index (χ1n) is 9.45. The van der Waals surface area contributed by atoms with Crippen molar-refractivity contribution in [3.63, 3.8) is 0 Å². The maximum atomic E-state index is 13.5. The lowest BCUT2D eigenvalue weighted by molar-refractivity contribution is 0.428. The van der Waals surface area contributed by atoms with Crippen LogP contribution < -0.4 is 5.56 Å². The SMILES string of the molecule is Cc1ccc(-c2noc(-c3ncn4c3c(=O)n(C(C)C)c3c(C#N)c(Cl)ccc34)n2)o1. The molecule has 1 aromatic carbocycles. The Morgan fingerprint density at radius 3 is 2.68 bits per heavy atom. The molecular formula is C21H15ClN6O3. The number of aryl methyl sites for hydroxylation is 1. The van der Waals surface area contributed by atoms with E-state index >= 15 is 0 Å². The molecule has 0 spiro atoms. The second kappa shape index (κ2) is 6.82. The van der Waals surface area contributed by atoms with Gasteiger partial charge in [-0.3, -0.25) is 9.20 Å². The first-order valence-corrected chi connectivity index (χ1v) is 9.83. The fourth-order valence-corrected chi connectivity index (χ4v) is 3.87. The normalized spacial score (nSPS) is 11.6. The predicted octanol–water partition coefficient (Wildman–Crippen LogP) is 4.37. The molecule has 9 nitrogen and oxygen atoms in total. The van der Waals surface area contributed by atoms with Crippen LogP contribution in [-0.4, -0.2) is 24.1 Å². The van der Waals surface area contributed by atoms with E-state index in [-0.39, 0.29) is 45.1 Å². The van der Waals surface area contributed by atoms with Crippen molar-refractivity contribution >= 4 is 28.2 Å². The highest BCUT2D eigenvalue weighted by Gasteiger charge is 2.24. The molecule has 0 bridgehead atoms. The highest BCUT2D eigenvalue weighted by molar-refractivity contribution is 6.32. The van der Waals surface area contributed by atoms with Crippen molar-refractivity contribution in [1.29, 1.82) is 5.26 Å². The van der Waals surface area contributed by atoms with Crippen molar-refractivity contribution in [2.45, 2.75) is 26.8 Å². The first kappa shape index (κ1) is 19.1. The van der Waals surface area contributed by atoms with Crippen LogP contribution >= 0.6 is 11.6 Å². The lowest BCUT2D eigenvalue weighted by Crippen LogP contribution is -2.25. The summed E-state index contributed by atoms with van der Waals surface area (Å²) in [6, 6.07) is 8.78. The van der Waals surface area contributed by atoms with Crippen LogP contribution in [0.3, 0.4) is 0 Å². The second-order valence-corrected chi connectivity index (χ2v) is 7.72. The van der Waals surface area contributed by atoms with Crippen LogP contribution in [0.2, 0.25) is 5.02 Å². The Bertz CT molecular complexity index is 1580. The van der Waals surface area contributed by atoms with Gasteiger partial charge in [0.05, 0.1) is 21.6 Å². The van der Waals surface area contributed by atoms with Crippen LogP contribution in [0.4, 0.5) is 0 Å². The van der Waals surface area contributed by atoms with E-state index in [2.05, 4.69) is 21.2 Å². The molecule has 154 valence electrons. The van der Waals surface area contributed by atoms with Crippen molar-refractivity contribution in [3.8, 4) is 29.2 Å².